The summed E-state index contributed by atoms with van der Waals surface area (Å²) < 4.78 is 10.7. The molecule has 0 heterocycles. The molecule has 0 saturated carbocycles. The van der Waals surface area contributed by atoms with Crippen molar-refractivity contribution < 1.29 is 19.4 Å². The van der Waals surface area contributed by atoms with Crippen LogP contribution in [0.1, 0.15) is 12.5 Å². The Balaban J connectivity index is 2.66. The molecule has 2 rings (SSSR count). The number of nitrogens with two attached hydrogens (primary N) is 2. The maximum atomic E-state index is 12.0. The van der Waals surface area contributed by atoms with E-state index in [0.717, 1.165) is 11.1 Å². The number of aromatic hydroxyl groups is 1. The van der Waals surface area contributed by atoms with Crippen LogP contribution in [0.2, 0.25) is 0 Å². The lowest BCUT2D eigenvalue weighted by molar-refractivity contribution is -0.114. The maximum absolute atomic E-state index is 12.0. The van der Waals surface area contributed by atoms with E-state index in [4.69, 9.17) is 20.9 Å². The van der Waals surface area contributed by atoms with Crippen LogP contribution >= 0.6 is 0 Å². The van der Waals surface area contributed by atoms with Crippen LogP contribution in [-0.4, -0.2) is 31.2 Å². The summed E-state index contributed by atoms with van der Waals surface area (Å²) >= 11 is 0. The largest absolute Gasteiger partial charge is 0.508 e. The Hall–Kier alpha value is -3.48. The van der Waals surface area contributed by atoms with Gasteiger partial charge in [-0.25, -0.2) is 0 Å². The Labute approximate surface area is 151 Å². The third-order valence-electron chi connectivity index (χ3n) is 3.65. The van der Waals surface area contributed by atoms with Crippen molar-refractivity contribution in [1.82, 2.24) is 0 Å². The van der Waals surface area contributed by atoms with Gasteiger partial charge in [0.2, 0.25) is 0 Å². The molecule has 2 aromatic rings. The number of benzene rings is 2. The summed E-state index contributed by atoms with van der Waals surface area (Å²) in [5.41, 5.74) is 13.0. The van der Waals surface area contributed by atoms with Crippen molar-refractivity contribution in [3.05, 3.63) is 47.5 Å². The van der Waals surface area contributed by atoms with Gasteiger partial charge in [0.15, 0.2) is 17.5 Å². The Kier molecular flexibility index (Phi) is 5.85. The zero-order chi connectivity index (χ0) is 19.3. The number of carbonyl (C=O) groups is 1. The Morgan fingerprint density at radius 2 is 1.77 bits per heavy atom. The van der Waals surface area contributed by atoms with E-state index in [1.54, 1.807) is 43.3 Å². The van der Waals surface area contributed by atoms with Crippen molar-refractivity contribution in [2.45, 2.75) is 6.92 Å². The standard InChI is InChI=1S/C19H21N3O4/c1-11(18(24)22-19(20)21)7-13-9-16(25-2)17(26-3)10-15(13)12-5-4-6-14(23)8-12/h4-10,23H,1-3H3,(H4,20,21,22,24). The number of guanidine groups is 1. The number of phenols is 1. The molecule has 0 aliphatic heterocycles. The summed E-state index contributed by atoms with van der Waals surface area (Å²) in [5.74, 6) is 0.311. The highest BCUT2D eigenvalue weighted by Gasteiger charge is 2.13. The summed E-state index contributed by atoms with van der Waals surface area (Å²) in [6.45, 7) is 1.61. The van der Waals surface area contributed by atoms with E-state index >= 15 is 0 Å². The molecule has 0 fully saturated rings. The average Bonchev–Trinajstić information content (AvgIpc) is 2.60. The highest BCUT2D eigenvalue weighted by Crippen LogP contribution is 2.37. The number of methoxy groups -OCH3 is 2. The van der Waals surface area contributed by atoms with Crippen LogP contribution in [0.3, 0.4) is 0 Å². The molecule has 0 atom stereocenters. The fraction of sp³-hybridized carbons (Fsp3) is 0.158. The minimum atomic E-state index is -0.540. The van der Waals surface area contributed by atoms with Crippen molar-refractivity contribution in [2.24, 2.45) is 16.5 Å². The maximum Gasteiger partial charge on any atom is 0.275 e. The summed E-state index contributed by atoms with van der Waals surface area (Å²) in [4.78, 5) is 15.6. The second-order valence-corrected chi connectivity index (χ2v) is 5.51. The number of ether oxygens (including phenoxy) is 2. The van der Waals surface area contributed by atoms with Crippen molar-refractivity contribution in [2.75, 3.05) is 14.2 Å². The van der Waals surface area contributed by atoms with Crippen LogP contribution < -0.4 is 20.9 Å². The van der Waals surface area contributed by atoms with E-state index in [1.165, 1.54) is 14.2 Å². The van der Waals surface area contributed by atoms with Crippen LogP contribution in [-0.2, 0) is 4.79 Å². The van der Waals surface area contributed by atoms with Crippen LogP contribution in [0.5, 0.6) is 17.2 Å². The average molecular weight is 355 g/mol. The van der Waals surface area contributed by atoms with E-state index in [0.29, 0.717) is 22.6 Å². The second-order valence-electron chi connectivity index (χ2n) is 5.51. The minimum absolute atomic E-state index is 0.125. The second kappa shape index (κ2) is 8.06. The summed E-state index contributed by atoms with van der Waals surface area (Å²) in [6, 6.07) is 10.3. The Morgan fingerprint density at radius 3 is 2.35 bits per heavy atom. The Morgan fingerprint density at radius 1 is 1.12 bits per heavy atom. The van der Waals surface area contributed by atoms with Gasteiger partial charge in [-0.15, -0.1) is 0 Å². The molecule has 2 aromatic carbocycles. The topological polar surface area (TPSA) is 120 Å². The molecule has 0 unspecified atom stereocenters. The highest BCUT2D eigenvalue weighted by molar-refractivity contribution is 6.04. The van der Waals surface area contributed by atoms with Gasteiger partial charge >= 0.3 is 0 Å². The molecule has 0 aliphatic carbocycles. The van der Waals surface area contributed by atoms with Gasteiger partial charge in [-0.3, -0.25) is 4.79 Å². The van der Waals surface area contributed by atoms with Crippen molar-refractivity contribution >= 4 is 17.9 Å². The van der Waals surface area contributed by atoms with Crippen molar-refractivity contribution in [3.8, 4) is 28.4 Å². The van der Waals surface area contributed by atoms with Gasteiger partial charge < -0.3 is 26.0 Å². The summed E-state index contributed by atoms with van der Waals surface area (Å²) in [6.07, 6.45) is 1.65. The summed E-state index contributed by atoms with van der Waals surface area (Å²) in [5, 5.41) is 9.79. The quantitative estimate of drug-likeness (QED) is 0.430. The lowest BCUT2D eigenvalue weighted by Gasteiger charge is -2.14. The fourth-order valence-electron chi connectivity index (χ4n) is 2.44. The van der Waals surface area contributed by atoms with Gasteiger partial charge in [0, 0.05) is 5.57 Å². The van der Waals surface area contributed by atoms with Crippen molar-refractivity contribution in [3.63, 3.8) is 0 Å². The molecule has 0 radical (unpaired) electrons. The van der Waals surface area contributed by atoms with Gasteiger partial charge in [0.1, 0.15) is 5.75 Å². The van der Waals surface area contributed by atoms with Gasteiger partial charge in [0.25, 0.3) is 5.91 Å². The molecule has 0 aliphatic rings. The number of hydrogen-bond acceptors (Lipinski definition) is 4. The molecule has 0 saturated heterocycles. The third-order valence-corrected chi connectivity index (χ3v) is 3.65. The van der Waals surface area contributed by atoms with Crippen LogP contribution in [0.15, 0.2) is 47.0 Å². The van der Waals surface area contributed by atoms with Crippen LogP contribution in [0, 0.1) is 0 Å². The molecule has 0 spiro atoms. The lowest BCUT2D eigenvalue weighted by atomic mass is 9.97. The molecular weight excluding hydrogens is 334 g/mol. The van der Waals surface area contributed by atoms with Gasteiger partial charge in [0.05, 0.1) is 14.2 Å². The molecule has 0 aromatic heterocycles. The first kappa shape index (κ1) is 18.9. The predicted molar refractivity (Wildman–Crippen MR) is 101 cm³/mol. The molecule has 1 amide bonds. The first-order chi connectivity index (χ1) is 12.3. The van der Waals surface area contributed by atoms with E-state index in [2.05, 4.69) is 4.99 Å². The smallest absolute Gasteiger partial charge is 0.275 e. The number of nitrogens with zero attached hydrogens (tertiary/aromatic N) is 1. The van der Waals surface area contributed by atoms with Crippen LogP contribution in [0.4, 0.5) is 0 Å². The van der Waals surface area contributed by atoms with Gasteiger partial charge in [-0.2, -0.15) is 4.99 Å². The van der Waals surface area contributed by atoms with E-state index in [9.17, 15) is 9.90 Å². The van der Waals surface area contributed by atoms with E-state index in [-0.39, 0.29) is 11.7 Å². The van der Waals surface area contributed by atoms with Crippen molar-refractivity contribution in [1.29, 1.82) is 0 Å². The molecule has 136 valence electrons. The van der Waals surface area contributed by atoms with Gasteiger partial charge in [-0.1, -0.05) is 12.1 Å². The molecule has 5 N–H and O–H groups in total. The molecule has 7 nitrogen and oxygen atoms in total. The Bertz CT molecular complexity index is 884. The molecule has 26 heavy (non-hydrogen) atoms. The minimum Gasteiger partial charge on any atom is -0.508 e. The number of amides is 1. The zero-order valence-electron chi connectivity index (χ0n) is 14.8. The van der Waals surface area contributed by atoms with Gasteiger partial charge in [-0.05, 0) is 54.0 Å². The SMILES string of the molecule is COc1cc(C=C(C)C(=O)N=C(N)N)c(-c2cccc(O)c2)cc1OC. The highest BCUT2D eigenvalue weighted by atomic mass is 16.5. The number of phenolic OH excluding ortho intramolecular Hbond substituents is 1. The predicted octanol–water partition coefficient (Wildman–Crippen LogP) is 2.28. The third kappa shape index (κ3) is 4.32. The van der Waals surface area contributed by atoms with E-state index < -0.39 is 5.91 Å². The summed E-state index contributed by atoms with van der Waals surface area (Å²) in [7, 11) is 3.06. The first-order valence-corrected chi connectivity index (χ1v) is 7.73. The number of rotatable bonds is 5. The number of hydrogen-bond donors (Lipinski definition) is 3. The fourth-order valence-corrected chi connectivity index (χ4v) is 2.44. The molecular formula is C19H21N3O4. The van der Waals surface area contributed by atoms with E-state index in [1.807, 2.05) is 6.07 Å². The first-order valence-electron chi connectivity index (χ1n) is 7.73. The normalized spacial score (nSPS) is 11.0. The number of aliphatic imine (C=N–C) groups is 1. The zero-order valence-corrected chi connectivity index (χ0v) is 14.8. The van der Waals surface area contributed by atoms with Crippen LogP contribution in [0.25, 0.3) is 17.2 Å². The molecule has 7 heteroatoms. The lowest BCUT2D eigenvalue weighted by Crippen LogP contribution is -2.24. The number of carbonyl (C=O) groups excluding carboxylic acids is 1. The monoisotopic (exact) mass is 355 g/mol. The molecule has 0 bridgehead atoms.